The quantitative estimate of drug-likeness (QED) is 0.919. The maximum absolute atomic E-state index is 13.4. The number of hydrogen-bond donors (Lipinski definition) is 1. The first kappa shape index (κ1) is 11.3. The Bertz CT molecular complexity index is 510. The average molecular weight is 289 g/mol. The van der Waals surface area contributed by atoms with Crippen LogP contribution in [0.25, 0.3) is 0 Å². The number of aliphatic hydroxyl groups is 1. The summed E-state index contributed by atoms with van der Waals surface area (Å²) in [5, 5.41) is 9.85. The van der Waals surface area contributed by atoms with Crippen LogP contribution in [0, 0.1) is 11.6 Å². The summed E-state index contributed by atoms with van der Waals surface area (Å²) in [6, 6.07) is 4.57. The van der Waals surface area contributed by atoms with E-state index in [2.05, 4.69) is 15.9 Å². The second-order valence-electron chi connectivity index (χ2n) is 3.20. The zero-order valence-corrected chi connectivity index (χ0v) is 9.54. The predicted octanol–water partition coefficient (Wildman–Crippen LogP) is 3.40. The van der Waals surface area contributed by atoms with Gasteiger partial charge in [0.25, 0.3) is 0 Å². The first-order valence-corrected chi connectivity index (χ1v) is 5.25. The minimum absolute atomic E-state index is 0.0305. The third-order valence-corrected chi connectivity index (χ3v) is 2.81. The molecule has 1 unspecified atom stereocenters. The Balaban J connectivity index is 2.41. The van der Waals surface area contributed by atoms with Crippen LogP contribution in [-0.4, -0.2) is 5.11 Å². The molecule has 2 aromatic rings. The van der Waals surface area contributed by atoms with Gasteiger partial charge in [-0.2, -0.15) is 0 Å². The lowest BCUT2D eigenvalue weighted by molar-refractivity contribution is 0.183. The molecule has 2 nitrogen and oxygen atoms in total. The van der Waals surface area contributed by atoms with E-state index >= 15 is 0 Å². The van der Waals surface area contributed by atoms with Gasteiger partial charge < -0.3 is 9.52 Å². The van der Waals surface area contributed by atoms with Gasteiger partial charge in [0.05, 0.1) is 10.7 Å². The van der Waals surface area contributed by atoms with E-state index in [1.165, 1.54) is 12.3 Å². The van der Waals surface area contributed by atoms with Crippen molar-refractivity contribution < 1.29 is 18.3 Å². The van der Waals surface area contributed by atoms with Crippen LogP contribution in [0.4, 0.5) is 8.78 Å². The molecule has 1 heterocycles. The molecule has 0 spiro atoms. The largest absolute Gasteiger partial charge is 0.465 e. The van der Waals surface area contributed by atoms with E-state index in [0.29, 0.717) is 4.47 Å². The highest BCUT2D eigenvalue weighted by Gasteiger charge is 2.20. The van der Waals surface area contributed by atoms with Gasteiger partial charge >= 0.3 is 0 Å². The molecule has 0 amide bonds. The number of halogens is 3. The first-order chi connectivity index (χ1) is 7.59. The highest BCUT2D eigenvalue weighted by atomic mass is 79.9. The zero-order valence-electron chi connectivity index (χ0n) is 7.95. The third-order valence-electron chi connectivity index (χ3n) is 2.15. The average Bonchev–Trinajstić information content (AvgIpc) is 2.63. The Morgan fingerprint density at radius 3 is 2.56 bits per heavy atom. The molecule has 0 aliphatic heterocycles. The number of aliphatic hydroxyl groups excluding tert-OH is 1. The van der Waals surface area contributed by atoms with Crippen molar-refractivity contribution >= 4 is 15.9 Å². The van der Waals surface area contributed by atoms with Crippen molar-refractivity contribution in [3.63, 3.8) is 0 Å². The molecule has 2 rings (SSSR count). The first-order valence-electron chi connectivity index (χ1n) is 4.45. The van der Waals surface area contributed by atoms with Crippen molar-refractivity contribution in [2.45, 2.75) is 6.10 Å². The molecular weight excluding hydrogens is 282 g/mol. The Morgan fingerprint density at radius 2 is 2.00 bits per heavy atom. The van der Waals surface area contributed by atoms with Crippen LogP contribution >= 0.6 is 15.9 Å². The molecule has 0 saturated heterocycles. The Labute approximate surface area is 98.6 Å². The minimum atomic E-state index is -1.26. The Hall–Kier alpha value is -1.20. The predicted molar refractivity (Wildman–Crippen MR) is 56.8 cm³/mol. The fourth-order valence-corrected chi connectivity index (χ4v) is 1.78. The van der Waals surface area contributed by atoms with Gasteiger partial charge in [0.1, 0.15) is 17.7 Å². The van der Waals surface area contributed by atoms with Crippen LogP contribution in [-0.2, 0) is 0 Å². The summed E-state index contributed by atoms with van der Waals surface area (Å²) in [4.78, 5) is 0. The molecule has 1 atom stereocenters. The summed E-state index contributed by atoms with van der Waals surface area (Å²) in [5.74, 6) is -1.31. The highest BCUT2D eigenvalue weighted by Crippen LogP contribution is 2.30. The molecule has 0 fully saturated rings. The monoisotopic (exact) mass is 288 g/mol. The van der Waals surface area contributed by atoms with Crippen molar-refractivity contribution in [1.29, 1.82) is 0 Å². The van der Waals surface area contributed by atoms with Gasteiger partial charge in [0.15, 0.2) is 5.76 Å². The molecule has 1 aromatic heterocycles. The van der Waals surface area contributed by atoms with Crippen LogP contribution in [0.1, 0.15) is 17.4 Å². The van der Waals surface area contributed by atoms with Gasteiger partial charge in [-0.25, -0.2) is 8.78 Å². The molecule has 16 heavy (non-hydrogen) atoms. The number of benzene rings is 1. The van der Waals surface area contributed by atoms with Crippen molar-refractivity contribution in [1.82, 2.24) is 0 Å². The topological polar surface area (TPSA) is 33.4 Å². The highest BCUT2D eigenvalue weighted by molar-refractivity contribution is 9.10. The summed E-state index contributed by atoms with van der Waals surface area (Å²) in [7, 11) is 0. The van der Waals surface area contributed by atoms with Crippen molar-refractivity contribution in [2.75, 3.05) is 0 Å². The van der Waals surface area contributed by atoms with Gasteiger partial charge in [-0.3, -0.25) is 0 Å². The SMILES string of the molecule is OC(c1ccc(F)cc1F)c1occc1Br. The third kappa shape index (κ3) is 2.01. The van der Waals surface area contributed by atoms with E-state index < -0.39 is 17.7 Å². The molecule has 1 aromatic carbocycles. The molecule has 5 heteroatoms. The van der Waals surface area contributed by atoms with Crippen LogP contribution < -0.4 is 0 Å². The summed E-state index contributed by atoms with van der Waals surface area (Å²) < 4.78 is 31.6. The molecule has 0 saturated carbocycles. The molecule has 0 bridgehead atoms. The van der Waals surface area contributed by atoms with Crippen LogP contribution in [0.2, 0.25) is 0 Å². The van der Waals surface area contributed by atoms with E-state index in [9.17, 15) is 13.9 Å². The Morgan fingerprint density at radius 1 is 1.25 bits per heavy atom. The van der Waals surface area contributed by atoms with E-state index in [0.717, 1.165) is 12.1 Å². The lowest BCUT2D eigenvalue weighted by Gasteiger charge is -2.09. The van der Waals surface area contributed by atoms with E-state index in [4.69, 9.17) is 4.42 Å². The van der Waals surface area contributed by atoms with Crippen molar-refractivity contribution in [3.05, 3.63) is 58.0 Å². The summed E-state index contributed by atoms with van der Waals surface area (Å²) in [5.41, 5.74) is -0.0305. The van der Waals surface area contributed by atoms with Crippen molar-refractivity contribution in [2.24, 2.45) is 0 Å². The number of furan rings is 1. The number of rotatable bonds is 2. The lowest BCUT2D eigenvalue weighted by Crippen LogP contribution is -2.02. The normalized spacial score (nSPS) is 12.8. The van der Waals surface area contributed by atoms with Gasteiger partial charge in [0, 0.05) is 11.6 Å². The second kappa shape index (κ2) is 4.35. The summed E-state index contributed by atoms with van der Waals surface area (Å²) in [6.45, 7) is 0. The van der Waals surface area contributed by atoms with Gasteiger partial charge in [0.2, 0.25) is 0 Å². The zero-order chi connectivity index (χ0) is 11.7. The van der Waals surface area contributed by atoms with E-state index in [1.54, 1.807) is 6.07 Å². The molecule has 0 aliphatic carbocycles. The lowest BCUT2D eigenvalue weighted by atomic mass is 10.1. The minimum Gasteiger partial charge on any atom is -0.465 e. The summed E-state index contributed by atoms with van der Waals surface area (Å²) >= 11 is 3.15. The fraction of sp³-hybridized carbons (Fsp3) is 0.0909. The van der Waals surface area contributed by atoms with Gasteiger partial charge in [-0.05, 0) is 28.1 Å². The number of hydrogen-bond acceptors (Lipinski definition) is 2. The molecule has 0 aliphatic rings. The maximum atomic E-state index is 13.4. The molecule has 1 N–H and O–H groups in total. The Kier molecular flexibility index (Phi) is 3.07. The standard InChI is InChI=1S/C11H7BrF2O2/c12-8-3-4-16-11(8)10(15)7-2-1-6(13)5-9(7)14/h1-5,10,15H. The van der Waals surface area contributed by atoms with Gasteiger partial charge in [-0.15, -0.1) is 0 Å². The van der Waals surface area contributed by atoms with E-state index in [1.807, 2.05) is 0 Å². The van der Waals surface area contributed by atoms with Crippen molar-refractivity contribution in [3.8, 4) is 0 Å². The molecular formula is C11H7BrF2O2. The van der Waals surface area contributed by atoms with Gasteiger partial charge in [-0.1, -0.05) is 6.07 Å². The smallest absolute Gasteiger partial charge is 0.151 e. The summed E-state index contributed by atoms with van der Waals surface area (Å²) in [6.07, 6.45) is 0.106. The molecule has 84 valence electrons. The van der Waals surface area contributed by atoms with Crippen LogP contribution in [0.15, 0.2) is 39.4 Å². The van der Waals surface area contributed by atoms with E-state index in [-0.39, 0.29) is 11.3 Å². The maximum Gasteiger partial charge on any atom is 0.151 e. The fourth-order valence-electron chi connectivity index (χ4n) is 1.37. The second-order valence-corrected chi connectivity index (χ2v) is 4.06. The van der Waals surface area contributed by atoms with Crippen LogP contribution in [0.5, 0.6) is 0 Å². The molecule has 0 radical (unpaired) electrons. The van der Waals surface area contributed by atoms with Crippen LogP contribution in [0.3, 0.4) is 0 Å².